The molecule has 0 aliphatic carbocycles. The second kappa shape index (κ2) is 3.78. The molecule has 0 bridgehead atoms. The summed E-state index contributed by atoms with van der Waals surface area (Å²) in [6.07, 6.45) is 5.59. The Morgan fingerprint density at radius 1 is 1.33 bits per heavy atom. The predicted octanol–water partition coefficient (Wildman–Crippen LogP) is 2.19. The number of aliphatic imine (C=N–C) groups is 1. The molecule has 0 saturated carbocycles. The molecule has 2 aliphatic heterocycles. The van der Waals surface area contributed by atoms with E-state index in [4.69, 9.17) is 0 Å². The predicted molar refractivity (Wildman–Crippen MR) is 69.5 cm³/mol. The molecule has 1 aromatic carbocycles. The van der Waals surface area contributed by atoms with Crippen LogP contribution in [0.1, 0.15) is 0 Å². The molecule has 6 heteroatoms. The highest BCUT2D eigenvalue weighted by molar-refractivity contribution is 5.91. The summed E-state index contributed by atoms with van der Waals surface area (Å²) >= 11 is 0. The fourth-order valence-electron chi connectivity index (χ4n) is 1.97. The third-order valence-electron chi connectivity index (χ3n) is 3.07. The summed E-state index contributed by atoms with van der Waals surface area (Å²) in [7, 11) is 2.01. The van der Waals surface area contributed by atoms with E-state index in [1.807, 2.05) is 31.5 Å². The molecule has 1 atom stereocenters. The molecule has 1 unspecified atom stereocenters. The van der Waals surface area contributed by atoms with E-state index < -0.39 is 0 Å². The van der Waals surface area contributed by atoms with E-state index in [2.05, 4.69) is 20.9 Å². The summed E-state index contributed by atoms with van der Waals surface area (Å²) in [6.45, 7) is 0. The lowest BCUT2D eigenvalue weighted by Crippen LogP contribution is -2.51. The van der Waals surface area contributed by atoms with Gasteiger partial charge in [0.15, 0.2) is 0 Å². The Morgan fingerprint density at radius 2 is 2.11 bits per heavy atom. The van der Waals surface area contributed by atoms with Crippen LogP contribution in [0.15, 0.2) is 58.7 Å². The van der Waals surface area contributed by atoms with Gasteiger partial charge in [-0.3, -0.25) is 0 Å². The van der Waals surface area contributed by atoms with Gasteiger partial charge < -0.3 is 5.32 Å². The zero-order chi connectivity index (χ0) is 12.6. The van der Waals surface area contributed by atoms with Crippen LogP contribution in [0, 0.1) is 4.91 Å². The fourth-order valence-corrected chi connectivity index (χ4v) is 1.97. The number of likely N-dealkylation sites (N-methyl/N-ethyl adjacent to an activating group) is 1. The van der Waals surface area contributed by atoms with E-state index >= 15 is 0 Å². The first kappa shape index (κ1) is 10.7. The van der Waals surface area contributed by atoms with Crippen molar-refractivity contribution in [2.24, 2.45) is 10.2 Å². The van der Waals surface area contributed by atoms with Crippen LogP contribution in [-0.2, 0) is 0 Å². The van der Waals surface area contributed by atoms with Crippen molar-refractivity contribution in [2.75, 3.05) is 12.4 Å². The van der Waals surface area contributed by atoms with Crippen molar-refractivity contribution >= 4 is 17.2 Å². The summed E-state index contributed by atoms with van der Waals surface area (Å²) in [5, 5.41) is 6.15. The number of rotatable bonds is 3. The van der Waals surface area contributed by atoms with Gasteiger partial charge in [0.25, 0.3) is 11.7 Å². The Kier molecular flexibility index (Phi) is 2.24. The number of nitrogens with zero attached hydrogens (tertiary/aromatic N) is 3. The maximum absolute atomic E-state index is 10.3. The third kappa shape index (κ3) is 1.51. The van der Waals surface area contributed by atoms with Crippen molar-refractivity contribution < 1.29 is 4.59 Å². The summed E-state index contributed by atoms with van der Waals surface area (Å²) in [4.78, 5) is 14.7. The van der Waals surface area contributed by atoms with Gasteiger partial charge in [0.1, 0.15) is 18.9 Å². The lowest BCUT2D eigenvalue weighted by atomic mass is 10.3. The standard InChI is InChI=1S/C12H11N5O/c1-17-11(6-7-14-17)13-8-12(17)15-9-2-4-10(16-18)5-3-9/h2-8H,1H3,(H-,13,14,15,16,18)/p+1. The molecule has 2 heterocycles. The Bertz CT molecular complexity index is 587. The molecule has 1 aromatic rings. The van der Waals surface area contributed by atoms with E-state index in [0.717, 1.165) is 17.3 Å². The van der Waals surface area contributed by atoms with Gasteiger partial charge >= 0.3 is 0 Å². The second-order valence-corrected chi connectivity index (χ2v) is 4.23. The minimum absolute atomic E-state index is 0.416. The average Bonchev–Trinajstić information content (AvgIpc) is 2.89. The number of hydrogen-bond acceptors (Lipinski definition) is 5. The smallest absolute Gasteiger partial charge is 0.260 e. The van der Waals surface area contributed by atoms with E-state index in [1.54, 1.807) is 18.3 Å². The quantitative estimate of drug-likeness (QED) is 0.630. The van der Waals surface area contributed by atoms with Crippen molar-refractivity contribution in [1.29, 1.82) is 0 Å². The molecule has 0 amide bonds. The van der Waals surface area contributed by atoms with E-state index in [-0.39, 0.29) is 0 Å². The molecule has 0 radical (unpaired) electrons. The molecule has 18 heavy (non-hydrogen) atoms. The van der Waals surface area contributed by atoms with Crippen molar-refractivity contribution in [3.8, 4) is 0 Å². The Morgan fingerprint density at radius 3 is 2.83 bits per heavy atom. The SMILES string of the molecule is C[N+]12NC=CC1=NC=C2Nc1ccc(N=O)cc1. The average molecular weight is 242 g/mol. The summed E-state index contributed by atoms with van der Waals surface area (Å²) < 4.78 is 0.424. The van der Waals surface area contributed by atoms with E-state index in [9.17, 15) is 4.91 Å². The molecule has 2 N–H and O–H groups in total. The van der Waals surface area contributed by atoms with Gasteiger partial charge in [-0.05, 0) is 29.4 Å². The molecule has 3 rings (SSSR count). The summed E-state index contributed by atoms with van der Waals surface area (Å²) in [6, 6.07) is 6.96. The number of anilines is 1. The Labute approximate surface area is 104 Å². The van der Waals surface area contributed by atoms with Crippen LogP contribution in [-0.4, -0.2) is 17.5 Å². The molecule has 2 aliphatic rings. The number of hydrogen-bond donors (Lipinski definition) is 2. The number of amidine groups is 1. The molecule has 0 fully saturated rings. The molecular formula is C12H12N5O+. The highest BCUT2D eigenvalue weighted by Crippen LogP contribution is 2.26. The zero-order valence-electron chi connectivity index (χ0n) is 9.79. The topological polar surface area (TPSA) is 65.8 Å². The first-order valence-corrected chi connectivity index (χ1v) is 5.53. The van der Waals surface area contributed by atoms with Gasteiger partial charge in [0.2, 0.25) is 0 Å². The van der Waals surface area contributed by atoms with Crippen LogP contribution in [0.5, 0.6) is 0 Å². The van der Waals surface area contributed by atoms with Gasteiger partial charge in [-0.25, -0.2) is 5.43 Å². The minimum Gasteiger partial charge on any atom is -0.307 e. The van der Waals surface area contributed by atoms with Crippen molar-refractivity contribution in [2.45, 2.75) is 0 Å². The van der Waals surface area contributed by atoms with Crippen molar-refractivity contribution in [3.05, 3.63) is 53.5 Å². The molecule has 6 nitrogen and oxygen atoms in total. The molecule has 0 aromatic heterocycles. The normalized spacial score (nSPS) is 24.1. The van der Waals surface area contributed by atoms with Crippen LogP contribution >= 0.6 is 0 Å². The lowest BCUT2D eigenvalue weighted by molar-refractivity contribution is -0.814. The number of fused-ring (bicyclic) bond motifs is 1. The van der Waals surface area contributed by atoms with Gasteiger partial charge in [-0.2, -0.15) is 4.99 Å². The van der Waals surface area contributed by atoms with E-state index in [1.165, 1.54) is 0 Å². The van der Waals surface area contributed by atoms with Gasteiger partial charge in [-0.1, -0.05) is 0 Å². The maximum Gasteiger partial charge on any atom is 0.260 e. The summed E-state index contributed by atoms with van der Waals surface area (Å²) in [5.41, 5.74) is 4.52. The van der Waals surface area contributed by atoms with Crippen molar-refractivity contribution in [3.63, 3.8) is 0 Å². The zero-order valence-corrected chi connectivity index (χ0v) is 9.79. The number of benzene rings is 1. The van der Waals surface area contributed by atoms with Crippen molar-refractivity contribution in [1.82, 2.24) is 5.43 Å². The van der Waals surface area contributed by atoms with Crippen LogP contribution in [0.2, 0.25) is 0 Å². The van der Waals surface area contributed by atoms with Crippen LogP contribution < -0.4 is 10.7 Å². The van der Waals surface area contributed by atoms with Gasteiger partial charge in [-0.15, -0.1) is 9.50 Å². The monoisotopic (exact) mass is 242 g/mol. The number of quaternary nitrogens is 1. The Balaban J connectivity index is 1.80. The first-order valence-electron chi connectivity index (χ1n) is 5.53. The highest BCUT2D eigenvalue weighted by atomic mass is 16.3. The second-order valence-electron chi connectivity index (χ2n) is 4.23. The lowest BCUT2D eigenvalue weighted by Gasteiger charge is -2.26. The first-order chi connectivity index (χ1) is 8.72. The molecule has 90 valence electrons. The molecule has 0 saturated heterocycles. The summed E-state index contributed by atoms with van der Waals surface area (Å²) in [5.74, 6) is 1.85. The van der Waals surface area contributed by atoms with Crippen LogP contribution in [0.3, 0.4) is 0 Å². The van der Waals surface area contributed by atoms with E-state index in [0.29, 0.717) is 10.3 Å². The van der Waals surface area contributed by atoms with Gasteiger partial charge in [0, 0.05) is 11.8 Å². The van der Waals surface area contributed by atoms with Crippen LogP contribution in [0.4, 0.5) is 11.4 Å². The maximum atomic E-state index is 10.3. The Hall–Kier alpha value is -2.47. The largest absolute Gasteiger partial charge is 0.307 e. The molecule has 0 spiro atoms. The number of nitroso groups, excluding NO2 is 1. The van der Waals surface area contributed by atoms with Gasteiger partial charge in [0.05, 0.1) is 6.20 Å². The minimum atomic E-state index is 0.416. The van der Waals surface area contributed by atoms with Crippen LogP contribution in [0.25, 0.3) is 0 Å². The third-order valence-corrected chi connectivity index (χ3v) is 3.07. The molecular weight excluding hydrogens is 230 g/mol. The number of nitrogens with one attached hydrogen (secondary N) is 2. The fraction of sp³-hybridized carbons (Fsp3) is 0.0833. The highest BCUT2D eigenvalue weighted by Gasteiger charge is 2.40.